The average molecular weight is 299 g/mol. The molecule has 0 radical (unpaired) electrons. The highest BCUT2D eigenvalue weighted by atomic mass is 79.9. The second kappa shape index (κ2) is 5.85. The zero-order valence-corrected chi connectivity index (χ0v) is 11.7. The molecule has 1 aromatic carbocycles. The highest BCUT2D eigenvalue weighted by Crippen LogP contribution is 2.34. The molecule has 1 aromatic rings. The second-order valence-electron chi connectivity index (χ2n) is 4.70. The number of methoxy groups -OCH3 is 1. The molecule has 0 saturated heterocycles. The Kier molecular flexibility index (Phi) is 4.42. The van der Waals surface area contributed by atoms with E-state index in [1.807, 2.05) is 12.1 Å². The molecule has 2 rings (SSSR count). The van der Waals surface area contributed by atoms with Gasteiger partial charge >= 0.3 is 0 Å². The van der Waals surface area contributed by atoms with Gasteiger partial charge in [-0.25, -0.2) is 0 Å². The molecule has 4 heteroatoms. The van der Waals surface area contributed by atoms with Gasteiger partial charge in [0.15, 0.2) is 0 Å². The van der Waals surface area contributed by atoms with Gasteiger partial charge in [-0.2, -0.15) is 0 Å². The molecular formula is C13H19BrN2O. The molecule has 1 saturated carbocycles. The van der Waals surface area contributed by atoms with Crippen molar-refractivity contribution in [2.75, 3.05) is 7.11 Å². The van der Waals surface area contributed by atoms with Gasteiger partial charge in [0, 0.05) is 10.5 Å². The zero-order chi connectivity index (χ0) is 12.3. The number of halogens is 1. The predicted molar refractivity (Wildman–Crippen MR) is 72.9 cm³/mol. The van der Waals surface area contributed by atoms with Crippen molar-refractivity contribution < 1.29 is 4.74 Å². The molecule has 0 heterocycles. The molecule has 1 aliphatic carbocycles. The Bertz CT molecular complexity index is 380. The van der Waals surface area contributed by atoms with Crippen molar-refractivity contribution in [1.82, 2.24) is 5.43 Å². The van der Waals surface area contributed by atoms with Gasteiger partial charge < -0.3 is 4.74 Å². The van der Waals surface area contributed by atoms with Crippen LogP contribution in [0, 0.1) is 5.92 Å². The second-order valence-corrected chi connectivity index (χ2v) is 5.62. The molecular weight excluding hydrogens is 280 g/mol. The largest absolute Gasteiger partial charge is 0.496 e. The summed E-state index contributed by atoms with van der Waals surface area (Å²) in [4.78, 5) is 0. The summed E-state index contributed by atoms with van der Waals surface area (Å²) < 4.78 is 6.46. The van der Waals surface area contributed by atoms with Crippen LogP contribution < -0.4 is 16.0 Å². The molecule has 1 atom stereocenters. The summed E-state index contributed by atoms with van der Waals surface area (Å²) in [7, 11) is 1.71. The predicted octanol–water partition coefficient (Wildman–Crippen LogP) is 2.63. The Morgan fingerprint density at radius 3 is 2.88 bits per heavy atom. The van der Waals surface area contributed by atoms with E-state index in [2.05, 4.69) is 27.4 Å². The Labute approximate surface area is 111 Å². The average Bonchev–Trinajstić information content (AvgIpc) is 3.12. The van der Waals surface area contributed by atoms with Crippen LogP contribution in [0.5, 0.6) is 5.75 Å². The molecule has 94 valence electrons. The van der Waals surface area contributed by atoms with Crippen molar-refractivity contribution >= 4 is 15.9 Å². The molecule has 0 aromatic heterocycles. The van der Waals surface area contributed by atoms with Crippen LogP contribution in [0.4, 0.5) is 0 Å². The van der Waals surface area contributed by atoms with Gasteiger partial charge in [-0.1, -0.05) is 28.8 Å². The third-order valence-corrected chi connectivity index (χ3v) is 3.75. The van der Waals surface area contributed by atoms with E-state index >= 15 is 0 Å². The molecule has 1 unspecified atom stereocenters. The monoisotopic (exact) mass is 298 g/mol. The minimum atomic E-state index is 0.339. The standard InChI is InChI=1S/C13H19BrN2O/c1-17-13-5-4-11(14)7-10(13)8-12(16-15)6-9-2-3-9/h4-5,7,9,12,16H,2-3,6,8,15H2,1H3. The van der Waals surface area contributed by atoms with Gasteiger partial charge in [0.2, 0.25) is 0 Å². The zero-order valence-electron chi connectivity index (χ0n) is 10.1. The van der Waals surface area contributed by atoms with Gasteiger partial charge in [-0.05, 0) is 42.5 Å². The fourth-order valence-corrected chi connectivity index (χ4v) is 2.55. The first kappa shape index (κ1) is 12.9. The lowest BCUT2D eigenvalue weighted by Crippen LogP contribution is -2.37. The highest BCUT2D eigenvalue weighted by molar-refractivity contribution is 9.10. The van der Waals surface area contributed by atoms with Gasteiger partial charge in [-0.15, -0.1) is 0 Å². The van der Waals surface area contributed by atoms with E-state index in [4.69, 9.17) is 10.6 Å². The van der Waals surface area contributed by atoms with E-state index in [0.717, 1.165) is 29.0 Å². The molecule has 17 heavy (non-hydrogen) atoms. The van der Waals surface area contributed by atoms with Crippen molar-refractivity contribution in [1.29, 1.82) is 0 Å². The molecule has 1 aliphatic rings. The van der Waals surface area contributed by atoms with Crippen molar-refractivity contribution in [3.63, 3.8) is 0 Å². The normalized spacial score (nSPS) is 16.9. The summed E-state index contributed by atoms with van der Waals surface area (Å²) in [6, 6.07) is 6.43. The fraction of sp³-hybridized carbons (Fsp3) is 0.538. The van der Waals surface area contributed by atoms with Crippen LogP contribution in [0.25, 0.3) is 0 Å². The van der Waals surface area contributed by atoms with Crippen LogP contribution in [0.15, 0.2) is 22.7 Å². The van der Waals surface area contributed by atoms with Gasteiger partial charge in [0.05, 0.1) is 7.11 Å². The number of hydrogen-bond donors (Lipinski definition) is 2. The number of rotatable bonds is 6. The lowest BCUT2D eigenvalue weighted by Gasteiger charge is -2.17. The number of nitrogens with one attached hydrogen (secondary N) is 1. The molecule has 3 nitrogen and oxygen atoms in total. The van der Waals surface area contributed by atoms with E-state index in [1.54, 1.807) is 7.11 Å². The Morgan fingerprint density at radius 2 is 2.29 bits per heavy atom. The van der Waals surface area contributed by atoms with Gasteiger partial charge in [-0.3, -0.25) is 11.3 Å². The summed E-state index contributed by atoms with van der Waals surface area (Å²) >= 11 is 3.49. The Morgan fingerprint density at radius 1 is 1.53 bits per heavy atom. The van der Waals surface area contributed by atoms with Crippen LogP contribution in [-0.2, 0) is 6.42 Å². The molecule has 3 N–H and O–H groups in total. The first-order valence-electron chi connectivity index (χ1n) is 6.01. The van der Waals surface area contributed by atoms with E-state index in [0.29, 0.717) is 6.04 Å². The van der Waals surface area contributed by atoms with Crippen molar-refractivity contribution in [3.8, 4) is 5.75 Å². The maximum atomic E-state index is 5.62. The Hall–Kier alpha value is -0.580. The first-order chi connectivity index (χ1) is 8.22. The number of hydrogen-bond acceptors (Lipinski definition) is 3. The van der Waals surface area contributed by atoms with Gasteiger partial charge in [0.25, 0.3) is 0 Å². The minimum Gasteiger partial charge on any atom is -0.496 e. The maximum Gasteiger partial charge on any atom is 0.122 e. The number of nitrogens with two attached hydrogens (primary N) is 1. The summed E-state index contributed by atoms with van der Waals surface area (Å²) in [6.45, 7) is 0. The molecule has 0 aliphatic heterocycles. The quantitative estimate of drug-likeness (QED) is 0.627. The van der Waals surface area contributed by atoms with Crippen LogP contribution in [-0.4, -0.2) is 13.2 Å². The van der Waals surface area contributed by atoms with Gasteiger partial charge in [0.1, 0.15) is 5.75 Å². The summed E-state index contributed by atoms with van der Waals surface area (Å²) in [6.07, 6.45) is 4.78. The van der Waals surface area contributed by atoms with Crippen LogP contribution in [0.3, 0.4) is 0 Å². The maximum absolute atomic E-state index is 5.62. The summed E-state index contributed by atoms with van der Waals surface area (Å²) in [5.41, 5.74) is 4.12. The minimum absolute atomic E-state index is 0.339. The van der Waals surface area contributed by atoms with E-state index in [-0.39, 0.29) is 0 Å². The number of benzene rings is 1. The topological polar surface area (TPSA) is 47.3 Å². The molecule has 0 bridgehead atoms. The van der Waals surface area contributed by atoms with Crippen molar-refractivity contribution in [3.05, 3.63) is 28.2 Å². The van der Waals surface area contributed by atoms with Crippen LogP contribution in [0.2, 0.25) is 0 Å². The number of hydrazine groups is 1. The molecule has 0 spiro atoms. The van der Waals surface area contributed by atoms with E-state index in [9.17, 15) is 0 Å². The van der Waals surface area contributed by atoms with E-state index < -0.39 is 0 Å². The molecule has 0 amide bonds. The SMILES string of the molecule is COc1ccc(Br)cc1CC(CC1CC1)NN. The third kappa shape index (κ3) is 3.69. The lowest BCUT2D eigenvalue weighted by molar-refractivity contribution is 0.400. The van der Waals surface area contributed by atoms with Crippen LogP contribution in [0.1, 0.15) is 24.8 Å². The van der Waals surface area contributed by atoms with Crippen LogP contribution >= 0.6 is 15.9 Å². The summed E-state index contributed by atoms with van der Waals surface area (Å²) in [5, 5.41) is 0. The third-order valence-electron chi connectivity index (χ3n) is 3.26. The van der Waals surface area contributed by atoms with E-state index in [1.165, 1.54) is 18.4 Å². The fourth-order valence-electron chi connectivity index (χ4n) is 2.14. The Balaban J connectivity index is 2.06. The van der Waals surface area contributed by atoms with Crippen molar-refractivity contribution in [2.24, 2.45) is 11.8 Å². The molecule has 1 fully saturated rings. The lowest BCUT2D eigenvalue weighted by atomic mass is 10.0. The smallest absolute Gasteiger partial charge is 0.122 e. The summed E-state index contributed by atoms with van der Waals surface area (Å²) in [5.74, 6) is 7.43. The van der Waals surface area contributed by atoms with Crippen molar-refractivity contribution in [2.45, 2.75) is 31.7 Å². The highest BCUT2D eigenvalue weighted by Gasteiger charge is 2.25. The number of ether oxygens (including phenoxy) is 1. The first-order valence-corrected chi connectivity index (χ1v) is 6.80.